The van der Waals surface area contributed by atoms with E-state index in [0.717, 1.165) is 16.9 Å². The highest BCUT2D eigenvalue weighted by molar-refractivity contribution is 5.95. The molecule has 1 amide bonds. The van der Waals surface area contributed by atoms with Gasteiger partial charge < -0.3 is 11.1 Å². The Bertz CT molecular complexity index is 716. The molecule has 0 saturated heterocycles. The lowest BCUT2D eigenvalue weighted by Gasteiger charge is -2.28. The molecule has 0 bridgehead atoms. The molecule has 0 unspecified atom stereocenters. The molecule has 0 aliphatic carbocycles. The van der Waals surface area contributed by atoms with Gasteiger partial charge in [-0.3, -0.25) is 4.79 Å². The first-order valence-electron chi connectivity index (χ1n) is 8.00. The van der Waals surface area contributed by atoms with Gasteiger partial charge in [0.2, 0.25) is 5.91 Å². The number of alkyl halides is 3. The minimum absolute atomic E-state index is 0. The lowest BCUT2D eigenvalue weighted by atomic mass is 9.81. The van der Waals surface area contributed by atoms with Gasteiger partial charge in [0.25, 0.3) is 0 Å². The molecule has 0 saturated carbocycles. The maximum absolute atomic E-state index is 12.9. The zero-order valence-corrected chi connectivity index (χ0v) is 15.3. The van der Waals surface area contributed by atoms with Gasteiger partial charge in [-0.15, -0.1) is 12.4 Å². The summed E-state index contributed by atoms with van der Waals surface area (Å²) in [7, 11) is 0. The third-order valence-electron chi connectivity index (χ3n) is 4.53. The van der Waals surface area contributed by atoms with Gasteiger partial charge in [-0.1, -0.05) is 13.8 Å². The summed E-state index contributed by atoms with van der Waals surface area (Å²) in [4.78, 5) is 12.5. The predicted molar refractivity (Wildman–Crippen MR) is 96.5 cm³/mol. The van der Waals surface area contributed by atoms with E-state index in [2.05, 4.69) is 10.4 Å². The van der Waals surface area contributed by atoms with Crippen molar-refractivity contribution in [2.45, 2.75) is 32.9 Å². The molecule has 144 valence electrons. The zero-order valence-electron chi connectivity index (χ0n) is 14.5. The second kappa shape index (κ2) is 8.55. The van der Waals surface area contributed by atoms with E-state index < -0.39 is 17.3 Å². The fourth-order valence-corrected chi connectivity index (χ4v) is 2.63. The van der Waals surface area contributed by atoms with Gasteiger partial charge in [-0.05, 0) is 43.2 Å². The summed E-state index contributed by atoms with van der Waals surface area (Å²) in [5.41, 5.74) is 4.99. The van der Waals surface area contributed by atoms with Crippen molar-refractivity contribution in [3.8, 4) is 5.69 Å². The van der Waals surface area contributed by atoms with Crippen LogP contribution in [0.5, 0.6) is 0 Å². The van der Waals surface area contributed by atoms with E-state index in [1.807, 2.05) is 13.8 Å². The van der Waals surface area contributed by atoms with Crippen LogP contribution in [0.2, 0.25) is 0 Å². The number of nitrogens with zero attached hydrogens (tertiary/aromatic N) is 2. The third kappa shape index (κ3) is 4.37. The van der Waals surface area contributed by atoms with Crippen LogP contribution in [0.15, 0.2) is 36.5 Å². The minimum Gasteiger partial charge on any atom is -0.329 e. The first kappa shape index (κ1) is 22.0. The van der Waals surface area contributed by atoms with Crippen LogP contribution in [0.3, 0.4) is 0 Å². The molecule has 1 heterocycles. The van der Waals surface area contributed by atoms with Crippen molar-refractivity contribution in [3.05, 3.63) is 42.2 Å². The molecule has 0 fully saturated rings. The smallest absolute Gasteiger partial charge is 0.329 e. The number of carbonyl (C=O) groups is 1. The SMILES string of the molecule is CCC(CC)(CN)C(=O)Nc1ccc(-n2nccc2C(F)(F)F)cc1.Cl. The first-order chi connectivity index (χ1) is 11.8. The van der Waals surface area contributed by atoms with E-state index in [4.69, 9.17) is 5.73 Å². The normalized spacial score (nSPS) is 11.8. The number of amides is 1. The number of nitrogens with two attached hydrogens (primary N) is 1. The fourth-order valence-electron chi connectivity index (χ4n) is 2.63. The van der Waals surface area contributed by atoms with Gasteiger partial charge in [0, 0.05) is 12.2 Å². The fraction of sp³-hybridized carbons (Fsp3) is 0.412. The molecule has 2 rings (SSSR count). The Morgan fingerprint density at radius 1 is 1.15 bits per heavy atom. The zero-order chi connectivity index (χ0) is 18.7. The second-order valence-corrected chi connectivity index (χ2v) is 5.82. The topological polar surface area (TPSA) is 72.9 Å². The summed E-state index contributed by atoms with van der Waals surface area (Å²) in [5.74, 6) is -0.192. The predicted octanol–water partition coefficient (Wildman–Crippen LogP) is 4.02. The molecule has 0 spiro atoms. The lowest BCUT2D eigenvalue weighted by Crippen LogP contribution is -2.41. The van der Waals surface area contributed by atoms with Gasteiger partial charge >= 0.3 is 6.18 Å². The molecule has 1 aromatic carbocycles. The van der Waals surface area contributed by atoms with Crippen LogP contribution in [0, 0.1) is 5.41 Å². The average molecular weight is 391 g/mol. The number of aromatic nitrogens is 2. The molecule has 0 aliphatic heterocycles. The molecule has 2 aromatic rings. The molecule has 0 radical (unpaired) electrons. The maximum Gasteiger partial charge on any atom is 0.433 e. The molecular formula is C17H22ClF3N4O. The molecule has 26 heavy (non-hydrogen) atoms. The van der Waals surface area contributed by atoms with E-state index in [-0.39, 0.29) is 30.5 Å². The van der Waals surface area contributed by atoms with Crippen molar-refractivity contribution in [2.75, 3.05) is 11.9 Å². The maximum atomic E-state index is 12.9. The van der Waals surface area contributed by atoms with Crippen molar-refractivity contribution in [2.24, 2.45) is 11.1 Å². The van der Waals surface area contributed by atoms with E-state index in [1.54, 1.807) is 12.1 Å². The summed E-state index contributed by atoms with van der Waals surface area (Å²) >= 11 is 0. The van der Waals surface area contributed by atoms with E-state index in [1.165, 1.54) is 12.1 Å². The largest absolute Gasteiger partial charge is 0.433 e. The summed E-state index contributed by atoms with van der Waals surface area (Å²) in [6.45, 7) is 4.02. The van der Waals surface area contributed by atoms with Crippen LogP contribution in [-0.4, -0.2) is 22.2 Å². The Morgan fingerprint density at radius 2 is 1.73 bits per heavy atom. The Morgan fingerprint density at radius 3 is 2.19 bits per heavy atom. The molecule has 0 atom stereocenters. The number of hydrogen-bond acceptors (Lipinski definition) is 3. The summed E-state index contributed by atoms with van der Waals surface area (Å²) in [6.07, 6.45) is -2.19. The van der Waals surface area contributed by atoms with Gasteiger partial charge in [0.05, 0.1) is 17.3 Å². The first-order valence-corrected chi connectivity index (χ1v) is 8.00. The minimum atomic E-state index is -4.49. The van der Waals surface area contributed by atoms with Crippen LogP contribution in [-0.2, 0) is 11.0 Å². The Balaban J connectivity index is 0.00000338. The molecule has 9 heteroatoms. The van der Waals surface area contributed by atoms with Crippen molar-refractivity contribution in [1.82, 2.24) is 9.78 Å². The van der Waals surface area contributed by atoms with E-state index >= 15 is 0 Å². The molecular weight excluding hydrogens is 369 g/mol. The third-order valence-corrected chi connectivity index (χ3v) is 4.53. The van der Waals surface area contributed by atoms with Crippen molar-refractivity contribution in [3.63, 3.8) is 0 Å². The summed E-state index contributed by atoms with van der Waals surface area (Å²) in [6, 6.07) is 6.94. The number of carbonyl (C=O) groups excluding carboxylic acids is 1. The molecule has 1 aromatic heterocycles. The summed E-state index contributed by atoms with van der Waals surface area (Å²) in [5, 5.41) is 6.50. The number of halogens is 4. The highest BCUT2D eigenvalue weighted by Gasteiger charge is 2.35. The van der Waals surface area contributed by atoms with Crippen molar-refractivity contribution >= 4 is 24.0 Å². The highest BCUT2D eigenvalue weighted by atomic mass is 35.5. The van der Waals surface area contributed by atoms with Crippen LogP contribution < -0.4 is 11.1 Å². The van der Waals surface area contributed by atoms with Gasteiger partial charge in [-0.2, -0.15) is 18.3 Å². The monoisotopic (exact) mass is 390 g/mol. The Kier molecular flexibility index (Phi) is 7.23. The Hall–Kier alpha value is -2.06. The van der Waals surface area contributed by atoms with E-state index in [9.17, 15) is 18.0 Å². The number of hydrogen-bond donors (Lipinski definition) is 2. The average Bonchev–Trinajstić information content (AvgIpc) is 3.08. The van der Waals surface area contributed by atoms with Crippen LogP contribution in [0.25, 0.3) is 5.69 Å². The number of nitrogens with one attached hydrogen (secondary N) is 1. The quantitative estimate of drug-likeness (QED) is 0.782. The number of rotatable bonds is 6. The van der Waals surface area contributed by atoms with Crippen LogP contribution in [0.1, 0.15) is 32.4 Å². The highest BCUT2D eigenvalue weighted by Crippen LogP contribution is 2.31. The number of benzene rings is 1. The summed E-state index contributed by atoms with van der Waals surface area (Å²) < 4.78 is 39.6. The van der Waals surface area contributed by atoms with Gasteiger partial charge in [-0.25, -0.2) is 4.68 Å². The number of anilines is 1. The van der Waals surface area contributed by atoms with Crippen molar-refractivity contribution < 1.29 is 18.0 Å². The van der Waals surface area contributed by atoms with E-state index in [0.29, 0.717) is 18.5 Å². The van der Waals surface area contributed by atoms with Gasteiger partial charge in [0.15, 0.2) is 0 Å². The standard InChI is InChI=1S/C17H21F3N4O.ClH/c1-3-16(4-2,11-21)15(25)23-12-5-7-13(8-6-12)24-14(9-10-22-24)17(18,19)20;/h5-10H,3-4,11,21H2,1-2H3,(H,23,25);1H. The Labute approximate surface area is 156 Å². The molecule has 0 aliphatic rings. The van der Waals surface area contributed by atoms with Crippen molar-refractivity contribution in [1.29, 1.82) is 0 Å². The van der Waals surface area contributed by atoms with Gasteiger partial charge in [0.1, 0.15) is 5.69 Å². The van der Waals surface area contributed by atoms with Crippen LogP contribution >= 0.6 is 12.4 Å². The lowest BCUT2D eigenvalue weighted by molar-refractivity contribution is -0.142. The van der Waals surface area contributed by atoms with Crippen LogP contribution in [0.4, 0.5) is 18.9 Å². The molecule has 3 N–H and O–H groups in total. The molecule has 5 nitrogen and oxygen atoms in total. The second-order valence-electron chi connectivity index (χ2n) is 5.82.